The summed E-state index contributed by atoms with van der Waals surface area (Å²) in [6, 6.07) is 18.8. The Morgan fingerprint density at radius 1 is 1.04 bits per heavy atom. The van der Waals surface area contributed by atoms with Gasteiger partial charge in [-0.1, -0.05) is 55.8 Å². The zero-order chi connectivity index (χ0) is 19.6. The van der Waals surface area contributed by atoms with Crippen LogP contribution in [-0.2, 0) is 17.8 Å². The highest BCUT2D eigenvalue weighted by Crippen LogP contribution is 2.19. The van der Waals surface area contributed by atoms with Crippen molar-refractivity contribution in [3.8, 4) is 5.75 Å². The fourth-order valence-corrected chi connectivity index (χ4v) is 3.72. The highest BCUT2D eigenvalue weighted by atomic mass is 16.5. The largest absolute Gasteiger partial charge is 0.492 e. The van der Waals surface area contributed by atoms with Crippen LogP contribution in [0.25, 0.3) is 0 Å². The third-order valence-electron chi connectivity index (χ3n) is 5.34. The van der Waals surface area contributed by atoms with Crippen molar-refractivity contribution in [2.45, 2.75) is 39.2 Å². The predicted molar refractivity (Wildman–Crippen MR) is 113 cm³/mol. The van der Waals surface area contributed by atoms with Gasteiger partial charge in [-0.05, 0) is 55.6 Å². The summed E-state index contributed by atoms with van der Waals surface area (Å²) in [5, 5.41) is 3.04. The first-order valence-corrected chi connectivity index (χ1v) is 10.5. The van der Waals surface area contributed by atoms with Crippen molar-refractivity contribution in [2.75, 3.05) is 26.2 Å². The van der Waals surface area contributed by atoms with Crippen molar-refractivity contribution >= 4 is 5.91 Å². The van der Waals surface area contributed by atoms with E-state index in [1.165, 1.54) is 11.1 Å². The van der Waals surface area contributed by atoms with Gasteiger partial charge in [0.15, 0.2) is 0 Å². The van der Waals surface area contributed by atoms with E-state index in [9.17, 15) is 4.79 Å². The smallest absolute Gasteiger partial charge is 0.223 e. The van der Waals surface area contributed by atoms with Crippen LogP contribution in [0, 0.1) is 5.92 Å². The van der Waals surface area contributed by atoms with Crippen LogP contribution in [0.15, 0.2) is 54.6 Å². The van der Waals surface area contributed by atoms with Gasteiger partial charge in [-0.3, -0.25) is 9.69 Å². The average molecular weight is 381 g/mol. The summed E-state index contributed by atoms with van der Waals surface area (Å²) in [5.41, 5.74) is 2.67. The molecule has 0 aromatic heterocycles. The first-order chi connectivity index (χ1) is 13.7. The molecule has 0 aliphatic carbocycles. The van der Waals surface area contributed by atoms with E-state index >= 15 is 0 Å². The van der Waals surface area contributed by atoms with Gasteiger partial charge in [0.05, 0.1) is 6.54 Å². The molecule has 2 aromatic rings. The molecule has 28 heavy (non-hydrogen) atoms. The molecule has 0 bridgehead atoms. The Bertz CT molecular complexity index is 707. The molecule has 0 atom stereocenters. The lowest BCUT2D eigenvalue weighted by Crippen LogP contribution is -2.41. The molecule has 1 heterocycles. The lowest BCUT2D eigenvalue weighted by atomic mass is 9.95. The quantitative estimate of drug-likeness (QED) is 0.668. The van der Waals surface area contributed by atoms with Crippen LogP contribution >= 0.6 is 0 Å². The van der Waals surface area contributed by atoms with Gasteiger partial charge in [0.25, 0.3) is 0 Å². The van der Waals surface area contributed by atoms with Crippen molar-refractivity contribution < 1.29 is 9.53 Å². The zero-order valence-electron chi connectivity index (χ0n) is 16.9. The monoisotopic (exact) mass is 380 g/mol. The molecule has 1 amide bonds. The summed E-state index contributed by atoms with van der Waals surface area (Å²) in [6.07, 6.45) is 4.11. The highest BCUT2D eigenvalue weighted by Gasteiger charge is 2.24. The maximum absolute atomic E-state index is 12.4. The minimum atomic E-state index is 0.125. The lowest BCUT2D eigenvalue weighted by Gasteiger charge is -2.31. The van der Waals surface area contributed by atoms with Crippen molar-refractivity contribution in [2.24, 2.45) is 5.92 Å². The summed E-state index contributed by atoms with van der Waals surface area (Å²) in [6.45, 7) is 6.17. The molecule has 0 radical (unpaired) electrons. The molecule has 4 heteroatoms. The standard InChI is InChI=1S/C24H32N2O2/c1-2-6-20-9-11-23(12-10-20)28-18-15-25-24(27)22-13-16-26(17-14-22)19-21-7-4-3-5-8-21/h3-5,7-12,22H,2,6,13-19H2,1H3,(H,25,27). The minimum absolute atomic E-state index is 0.125. The average Bonchev–Trinajstić information content (AvgIpc) is 2.74. The number of piperidine rings is 1. The maximum Gasteiger partial charge on any atom is 0.223 e. The van der Waals surface area contributed by atoms with E-state index in [2.05, 4.69) is 53.5 Å². The third kappa shape index (κ3) is 6.38. The fourth-order valence-electron chi connectivity index (χ4n) is 3.72. The Hall–Kier alpha value is -2.33. The van der Waals surface area contributed by atoms with Gasteiger partial charge in [-0.15, -0.1) is 0 Å². The topological polar surface area (TPSA) is 41.6 Å². The number of ether oxygens (including phenoxy) is 1. The molecular weight excluding hydrogens is 348 g/mol. The summed E-state index contributed by atoms with van der Waals surface area (Å²) < 4.78 is 5.74. The highest BCUT2D eigenvalue weighted by molar-refractivity contribution is 5.78. The molecule has 1 N–H and O–H groups in total. The molecule has 150 valence electrons. The number of nitrogens with one attached hydrogen (secondary N) is 1. The van der Waals surface area contributed by atoms with E-state index in [1.54, 1.807) is 0 Å². The van der Waals surface area contributed by atoms with Crippen molar-refractivity contribution in [3.05, 3.63) is 65.7 Å². The van der Waals surface area contributed by atoms with E-state index in [4.69, 9.17) is 4.74 Å². The van der Waals surface area contributed by atoms with E-state index in [0.29, 0.717) is 13.2 Å². The normalized spacial score (nSPS) is 15.3. The molecule has 0 unspecified atom stereocenters. The number of aryl methyl sites for hydroxylation is 1. The molecule has 1 aliphatic rings. The summed E-state index contributed by atoms with van der Waals surface area (Å²) in [4.78, 5) is 14.8. The summed E-state index contributed by atoms with van der Waals surface area (Å²) in [7, 11) is 0. The molecule has 0 saturated carbocycles. The van der Waals surface area contributed by atoms with E-state index in [-0.39, 0.29) is 11.8 Å². The number of hydrogen-bond acceptors (Lipinski definition) is 3. The number of rotatable bonds is 9. The molecule has 0 spiro atoms. The SMILES string of the molecule is CCCc1ccc(OCCNC(=O)C2CCN(Cc3ccccc3)CC2)cc1. The number of hydrogen-bond donors (Lipinski definition) is 1. The number of benzene rings is 2. The van der Waals surface area contributed by atoms with Crippen LogP contribution in [-0.4, -0.2) is 37.0 Å². The van der Waals surface area contributed by atoms with E-state index in [0.717, 1.165) is 51.1 Å². The Kier molecular flexibility index (Phi) is 7.92. The van der Waals surface area contributed by atoms with E-state index in [1.807, 2.05) is 18.2 Å². The van der Waals surface area contributed by atoms with Crippen LogP contribution in [0.1, 0.15) is 37.3 Å². The first-order valence-electron chi connectivity index (χ1n) is 10.5. The van der Waals surface area contributed by atoms with Crippen LogP contribution in [0.2, 0.25) is 0 Å². The molecule has 1 aliphatic heterocycles. The number of likely N-dealkylation sites (tertiary alicyclic amines) is 1. The second kappa shape index (κ2) is 10.9. The van der Waals surface area contributed by atoms with Gasteiger partial charge in [0, 0.05) is 12.5 Å². The van der Waals surface area contributed by atoms with Crippen molar-refractivity contribution in [1.82, 2.24) is 10.2 Å². The summed E-state index contributed by atoms with van der Waals surface area (Å²) in [5.74, 6) is 1.16. The predicted octanol–water partition coefficient (Wildman–Crippen LogP) is 4.05. The number of carbonyl (C=O) groups is 1. The molecule has 1 saturated heterocycles. The summed E-state index contributed by atoms with van der Waals surface area (Å²) >= 11 is 0. The van der Waals surface area contributed by atoms with Crippen LogP contribution in [0.5, 0.6) is 5.75 Å². The Labute approximate surface area is 168 Å². The number of carbonyl (C=O) groups excluding carboxylic acids is 1. The van der Waals surface area contributed by atoms with Crippen molar-refractivity contribution in [1.29, 1.82) is 0 Å². The first kappa shape index (κ1) is 20.4. The zero-order valence-corrected chi connectivity index (χ0v) is 16.9. The van der Waals surface area contributed by atoms with Gasteiger partial charge in [-0.2, -0.15) is 0 Å². The van der Waals surface area contributed by atoms with Gasteiger partial charge >= 0.3 is 0 Å². The van der Waals surface area contributed by atoms with Crippen molar-refractivity contribution in [3.63, 3.8) is 0 Å². The van der Waals surface area contributed by atoms with Crippen LogP contribution in [0.4, 0.5) is 0 Å². The number of nitrogens with zero attached hydrogens (tertiary/aromatic N) is 1. The fraction of sp³-hybridized carbons (Fsp3) is 0.458. The van der Waals surface area contributed by atoms with Gasteiger partial charge in [0.2, 0.25) is 5.91 Å². The molecule has 1 fully saturated rings. The van der Waals surface area contributed by atoms with Gasteiger partial charge < -0.3 is 10.1 Å². The van der Waals surface area contributed by atoms with Crippen LogP contribution < -0.4 is 10.1 Å². The van der Waals surface area contributed by atoms with Gasteiger partial charge in [-0.25, -0.2) is 0 Å². The minimum Gasteiger partial charge on any atom is -0.492 e. The van der Waals surface area contributed by atoms with Gasteiger partial charge in [0.1, 0.15) is 12.4 Å². The second-order valence-electron chi connectivity index (χ2n) is 7.57. The maximum atomic E-state index is 12.4. The molecule has 4 nitrogen and oxygen atoms in total. The molecule has 2 aromatic carbocycles. The molecule has 3 rings (SSSR count). The van der Waals surface area contributed by atoms with E-state index < -0.39 is 0 Å². The second-order valence-corrected chi connectivity index (χ2v) is 7.57. The lowest BCUT2D eigenvalue weighted by molar-refractivity contribution is -0.126. The Morgan fingerprint density at radius 3 is 2.43 bits per heavy atom. The number of amides is 1. The Morgan fingerprint density at radius 2 is 1.75 bits per heavy atom. The van der Waals surface area contributed by atoms with Crippen LogP contribution in [0.3, 0.4) is 0 Å². The third-order valence-corrected chi connectivity index (χ3v) is 5.34. The molecular formula is C24H32N2O2. The Balaban J connectivity index is 1.31.